The summed E-state index contributed by atoms with van der Waals surface area (Å²) in [7, 11) is 3.66. The highest BCUT2D eigenvalue weighted by atomic mass is 16.5. The van der Waals surface area contributed by atoms with Gasteiger partial charge in [0.25, 0.3) is 0 Å². The molecule has 4 rings (SSSR count). The number of methoxy groups -OCH3 is 1. The molecule has 3 aromatic rings. The standard InChI is InChI=1S/C20H18N2O2/c1-22-11-10-21-20(22)17-13-15-12-16(23-2)8-9-18(15)24-19(17)14-6-4-3-5-7-14/h3-13,19H,1-2H3. The van der Waals surface area contributed by atoms with Gasteiger partial charge in [0.1, 0.15) is 17.3 Å². The molecule has 4 heteroatoms. The third kappa shape index (κ3) is 2.46. The zero-order valence-corrected chi connectivity index (χ0v) is 13.6. The molecule has 2 aromatic carbocycles. The van der Waals surface area contributed by atoms with E-state index in [9.17, 15) is 0 Å². The zero-order valence-electron chi connectivity index (χ0n) is 13.6. The van der Waals surface area contributed by atoms with Crippen molar-refractivity contribution in [1.82, 2.24) is 9.55 Å². The quantitative estimate of drug-likeness (QED) is 0.729. The molecular formula is C20H18N2O2. The number of rotatable bonds is 3. The molecule has 0 aliphatic carbocycles. The summed E-state index contributed by atoms with van der Waals surface area (Å²) in [6.45, 7) is 0. The Bertz CT molecular complexity index is 897. The molecule has 1 unspecified atom stereocenters. The Labute approximate surface area is 141 Å². The number of fused-ring (bicyclic) bond motifs is 1. The molecule has 4 nitrogen and oxygen atoms in total. The molecule has 0 spiro atoms. The number of hydrogen-bond donors (Lipinski definition) is 0. The van der Waals surface area contributed by atoms with E-state index in [1.807, 2.05) is 54.2 Å². The fraction of sp³-hybridized carbons (Fsp3) is 0.150. The molecular weight excluding hydrogens is 300 g/mol. The first-order valence-corrected chi connectivity index (χ1v) is 7.85. The Kier molecular flexibility index (Phi) is 3.58. The molecule has 1 aromatic heterocycles. The van der Waals surface area contributed by atoms with Crippen molar-refractivity contribution >= 4 is 11.6 Å². The summed E-state index contributed by atoms with van der Waals surface area (Å²) >= 11 is 0. The van der Waals surface area contributed by atoms with Gasteiger partial charge in [-0.05, 0) is 29.8 Å². The minimum atomic E-state index is -0.187. The Morgan fingerprint density at radius 2 is 1.96 bits per heavy atom. The third-order valence-electron chi connectivity index (χ3n) is 4.24. The summed E-state index contributed by atoms with van der Waals surface area (Å²) in [5.41, 5.74) is 3.14. The topological polar surface area (TPSA) is 36.3 Å². The lowest BCUT2D eigenvalue weighted by Gasteiger charge is -2.27. The molecule has 1 aliphatic heterocycles. The van der Waals surface area contributed by atoms with Crippen LogP contribution in [-0.4, -0.2) is 16.7 Å². The SMILES string of the molecule is COc1ccc2c(c1)C=C(c1nccn1C)C(c1ccccc1)O2. The van der Waals surface area contributed by atoms with Crippen LogP contribution in [-0.2, 0) is 7.05 Å². The summed E-state index contributed by atoms with van der Waals surface area (Å²) in [5, 5.41) is 0. The van der Waals surface area contributed by atoms with Gasteiger partial charge in [-0.2, -0.15) is 0 Å². The van der Waals surface area contributed by atoms with Crippen molar-refractivity contribution in [2.24, 2.45) is 7.05 Å². The van der Waals surface area contributed by atoms with E-state index in [0.29, 0.717) is 0 Å². The van der Waals surface area contributed by atoms with Gasteiger partial charge in [-0.25, -0.2) is 4.98 Å². The van der Waals surface area contributed by atoms with Crippen LogP contribution in [0.15, 0.2) is 60.9 Å². The summed E-state index contributed by atoms with van der Waals surface area (Å²) in [6.07, 6.45) is 5.70. The Hall–Kier alpha value is -3.01. The van der Waals surface area contributed by atoms with E-state index >= 15 is 0 Å². The minimum absolute atomic E-state index is 0.187. The van der Waals surface area contributed by atoms with E-state index in [4.69, 9.17) is 9.47 Å². The summed E-state index contributed by atoms with van der Waals surface area (Å²) in [6, 6.07) is 16.1. The van der Waals surface area contributed by atoms with Gasteiger partial charge in [0, 0.05) is 30.6 Å². The fourth-order valence-electron chi connectivity index (χ4n) is 3.01. The van der Waals surface area contributed by atoms with Gasteiger partial charge < -0.3 is 14.0 Å². The van der Waals surface area contributed by atoms with Gasteiger partial charge in [-0.3, -0.25) is 0 Å². The fourth-order valence-corrected chi connectivity index (χ4v) is 3.01. The van der Waals surface area contributed by atoms with Gasteiger partial charge in [0.05, 0.1) is 7.11 Å². The largest absolute Gasteiger partial charge is 0.497 e. The molecule has 0 saturated heterocycles. The van der Waals surface area contributed by atoms with Crippen molar-refractivity contribution < 1.29 is 9.47 Å². The first-order valence-electron chi connectivity index (χ1n) is 7.85. The molecule has 0 radical (unpaired) electrons. The average Bonchev–Trinajstić information content (AvgIpc) is 3.06. The van der Waals surface area contributed by atoms with Crippen molar-refractivity contribution in [3.63, 3.8) is 0 Å². The monoisotopic (exact) mass is 318 g/mol. The molecule has 0 fully saturated rings. The van der Waals surface area contributed by atoms with Crippen molar-refractivity contribution in [2.75, 3.05) is 7.11 Å². The predicted molar refractivity (Wildman–Crippen MR) is 93.9 cm³/mol. The number of benzene rings is 2. The van der Waals surface area contributed by atoms with E-state index in [2.05, 4.69) is 23.2 Å². The number of hydrogen-bond acceptors (Lipinski definition) is 3. The Balaban J connectivity index is 1.88. The Morgan fingerprint density at radius 1 is 1.12 bits per heavy atom. The molecule has 1 atom stereocenters. The molecule has 0 N–H and O–H groups in total. The number of nitrogens with zero attached hydrogens (tertiary/aromatic N) is 2. The van der Waals surface area contributed by atoms with Crippen LogP contribution in [0.25, 0.3) is 11.6 Å². The van der Waals surface area contributed by atoms with E-state index in [1.54, 1.807) is 13.3 Å². The van der Waals surface area contributed by atoms with Crippen LogP contribution in [0.4, 0.5) is 0 Å². The highest BCUT2D eigenvalue weighted by molar-refractivity contribution is 5.86. The van der Waals surface area contributed by atoms with E-state index in [-0.39, 0.29) is 6.10 Å². The second-order valence-corrected chi connectivity index (χ2v) is 5.77. The van der Waals surface area contributed by atoms with Gasteiger partial charge in [-0.15, -0.1) is 0 Å². The maximum Gasteiger partial charge on any atom is 0.152 e. The van der Waals surface area contributed by atoms with Crippen LogP contribution < -0.4 is 9.47 Å². The van der Waals surface area contributed by atoms with Crippen LogP contribution >= 0.6 is 0 Å². The lowest BCUT2D eigenvalue weighted by molar-refractivity contribution is 0.259. The van der Waals surface area contributed by atoms with E-state index in [1.165, 1.54) is 0 Å². The second kappa shape index (κ2) is 5.89. The lowest BCUT2D eigenvalue weighted by atomic mass is 9.95. The van der Waals surface area contributed by atoms with E-state index < -0.39 is 0 Å². The van der Waals surface area contributed by atoms with Crippen LogP contribution in [0.2, 0.25) is 0 Å². The molecule has 2 heterocycles. The maximum atomic E-state index is 6.33. The van der Waals surface area contributed by atoms with Crippen molar-refractivity contribution in [3.05, 3.63) is 77.9 Å². The van der Waals surface area contributed by atoms with Crippen LogP contribution in [0, 0.1) is 0 Å². The van der Waals surface area contributed by atoms with Crippen molar-refractivity contribution in [3.8, 4) is 11.5 Å². The van der Waals surface area contributed by atoms with Gasteiger partial charge in [0.15, 0.2) is 6.10 Å². The highest BCUT2D eigenvalue weighted by Crippen LogP contribution is 2.42. The van der Waals surface area contributed by atoms with Crippen LogP contribution in [0.5, 0.6) is 11.5 Å². The third-order valence-corrected chi connectivity index (χ3v) is 4.24. The smallest absolute Gasteiger partial charge is 0.152 e. The second-order valence-electron chi connectivity index (χ2n) is 5.77. The maximum absolute atomic E-state index is 6.33. The van der Waals surface area contributed by atoms with Crippen LogP contribution in [0.1, 0.15) is 23.1 Å². The highest BCUT2D eigenvalue weighted by Gasteiger charge is 2.27. The molecule has 0 saturated carbocycles. The average molecular weight is 318 g/mol. The van der Waals surface area contributed by atoms with Gasteiger partial charge >= 0.3 is 0 Å². The number of imidazole rings is 1. The van der Waals surface area contributed by atoms with Gasteiger partial charge in [0.2, 0.25) is 0 Å². The predicted octanol–water partition coefficient (Wildman–Crippen LogP) is 4.10. The summed E-state index contributed by atoms with van der Waals surface area (Å²) in [5.74, 6) is 2.56. The van der Waals surface area contributed by atoms with Crippen molar-refractivity contribution in [1.29, 1.82) is 0 Å². The van der Waals surface area contributed by atoms with Crippen molar-refractivity contribution in [2.45, 2.75) is 6.10 Å². The molecule has 0 amide bonds. The summed E-state index contributed by atoms with van der Waals surface area (Å²) in [4.78, 5) is 4.51. The van der Waals surface area contributed by atoms with E-state index in [0.717, 1.165) is 34.0 Å². The number of aromatic nitrogens is 2. The normalized spacial score (nSPS) is 16.1. The molecule has 120 valence electrons. The molecule has 24 heavy (non-hydrogen) atoms. The lowest BCUT2D eigenvalue weighted by Crippen LogP contribution is -2.16. The number of aryl methyl sites for hydroxylation is 1. The molecule has 0 bridgehead atoms. The minimum Gasteiger partial charge on any atom is -0.497 e. The van der Waals surface area contributed by atoms with Gasteiger partial charge in [-0.1, -0.05) is 30.3 Å². The van der Waals surface area contributed by atoms with Crippen LogP contribution in [0.3, 0.4) is 0 Å². The zero-order chi connectivity index (χ0) is 16.5. The first-order chi connectivity index (χ1) is 11.8. The first kappa shape index (κ1) is 14.6. The Morgan fingerprint density at radius 3 is 2.67 bits per heavy atom. The summed E-state index contributed by atoms with van der Waals surface area (Å²) < 4.78 is 13.7. The number of ether oxygens (including phenoxy) is 2. The molecule has 1 aliphatic rings.